The Hall–Kier alpha value is -2.89. The van der Waals surface area contributed by atoms with E-state index >= 15 is 0 Å². The molecule has 0 bridgehead atoms. The number of halogens is 1. The average molecular weight is 345 g/mol. The van der Waals surface area contributed by atoms with Crippen molar-refractivity contribution in [2.75, 3.05) is 0 Å². The second-order valence-corrected chi connectivity index (χ2v) is 5.64. The zero-order valence-corrected chi connectivity index (χ0v) is 14.0. The molecule has 132 valence electrons. The number of carbonyl (C=O) groups excluding carboxylic acids is 1. The van der Waals surface area contributed by atoms with Crippen LogP contribution in [-0.2, 0) is 15.1 Å². The van der Waals surface area contributed by atoms with E-state index < -0.39 is 29.3 Å². The number of hydrogen-bond acceptors (Lipinski definition) is 3. The summed E-state index contributed by atoms with van der Waals surface area (Å²) in [5.74, 6) is -2.05. The summed E-state index contributed by atoms with van der Waals surface area (Å²) in [6, 6.07) is 13.9. The maximum atomic E-state index is 13.2. The summed E-state index contributed by atoms with van der Waals surface area (Å²) < 4.78 is 18.6. The minimum atomic E-state index is -1.56. The quantitative estimate of drug-likeness (QED) is 0.808. The number of rotatable bonds is 7. The standard InChI is InChI=1S/C19H20FNO4/c1-3-19(18(23)24,14-8-5-4-6-9-14)21-17(22)13(2)25-16-11-7-10-15(20)12-16/h4-13H,3H2,1-2H3,(H,21,22)(H,23,24). The minimum absolute atomic E-state index is 0.158. The van der Waals surface area contributed by atoms with Crippen molar-refractivity contribution in [3.05, 3.63) is 66.0 Å². The normalized spacial score (nSPS) is 14.2. The van der Waals surface area contributed by atoms with E-state index in [0.717, 1.165) is 6.07 Å². The molecule has 25 heavy (non-hydrogen) atoms. The summed E-state index contributed by atoms with van der Waals surface area (Å²) in [4.78, 5) is 24.4. The average Bonchev–Trinajstić information content (AvgIpc) is 2.60. The van der Waals surface area contributed by atoms with Gasteiger partial charge in [0.2, 0.25) is 0 Å². The molecule has 6 heteroatoms. The van der Waals surface area contributed by atoms with E-state index in [2.05, 4.69) is 5.32 Å². The summed E-state index contributed by atoms with van der Waals surface area (Å²) in [5.41, 5.74) is -1.09. The van der Waals surface area contributed by atoms with Crippen molar-refractivity contribution in [2.45, 2.75) is 31.9 Å². The first-order chi connectivity index (χ1) is 11.9. The van der Waals surface area contributed by atoms with Crippen LogP contribution < -0.4 is 10.1 Å². The molecule has 0 saturated heterocycles. The van der Waals surface area contributed by atoms with Gasteiger partial charge < -0.3 is 15.2 Å². The van der Waals surface area contributed by atoms with Gasteiger partial charge in [-0.05, 0) is 31.0 Å². The molecule has 2 atom stereocenters. The van der Waals surface area contributed by atoms with Crippen LogP contribution in [0.3, 0.4) is 0 Å². The first-order valence-electron chi connectivity index (χ1n) is 7.92. The van der Waals surface area contributed by atoms with Gasteiger partial charge in [0.25, 0.3) is 5.91 Å². The molecule has 0 spiro atoms. The molecule has 0 fully saturated rings. The topological polar surface area (TPSA) is 75.6 Å². The molecule has 0 radical (unpaired) electrons. The first kappa shape index (κ1) is 18.4. The lowest BCUT2D eigenvalue weighted by molar-refractivity contribution is -0.149. The number of ether oxygens (including phenoxy) is 1. The number of carboxylic acids is 1. The number of amides is 1. The maximum absolute atomic E-state index is 13.2. The van der Waals surface area contributed by atoms with Crippen LogP contribution in [0.15, 0.2) is 54.6 Å². The van der Waals surface area contributed by atoms with Gasteiger partial charge in [-0.3, -0.25) is 4.79 Å². The highest BCUT2D eigenvalue weighted by Crippen LogP contribution is 2.26. The molecular formula is C19H20FNO4. The number of carboxylic acid groups (broad SMARTS) is 1. The van der Waals surface area contributed by atoms with Crippen LogP contribution in [0.2, 0.25) is 0 Å². The molecule has 2 aromatic carbocycles. The molecule has 0 aliphatic carbocycles. The molecule has 2 rings (SSSR count). The second kappa shape index (κ2) is 7.79. The molecule has 0 saturated carbocycles. The lowest BCUT2D eigenvalue weighted by Gasteiger charge is -2.31. The molecule has 0 aliphatic heterocycles. The van der Waals surface area contributed by atoms with Gasteiger partial charge >= 0.3 is 5.97 Å². The van der Waals surface area contributed by atoms with Gasteiger partial charge in [-0.2, -0.15) is 0 Å². The van der Waals surface area contributed by atoms with E-state index in [4.69, 9.17) is 4.74 Å². The number of aliphatic carboxylic acids is 1. The first-order valence-corrected chi connectivity index (χ1v) is 7.92. The third kappa shape index (κ3) is 4.15. The van der Waals surface area contributed by atoms with Crippen molar-refractivity contribution in [1.82, 2.24) is 5.32 Å². The van der Waals surface area contributed by atoms with E-state index in [1.165, 1.54) is 25.1 Å². The largest absolute Gasteiger partial charge is 0.481 e. The minimum Gasteiger partial charge on any atom is -0.481 e. The van der Waals surface area contributed by atoms with Gasteiger partial charge in [-0.15, -0.1) is 0 Å². The van der Waals surface area contributed by atoms with Crippen LogP contribution in [0.5, 0.6) is 5.75 Å². The smallest absolute Gasteiger partial charge is 0.334 e. The fraction of sp³-hybridized carbons (Fsp3) is 0.263. The van der Waals surface area contributed by atoms with E-state index in [1.54, 1.807) is 37.3 Å². The van der Waals surface area contributed by atoms with Gasteiger partial charge in [-0.25, -0.2) is 9.18 Å². The van der Waals surface area contributed by atoms with Crippen LogP contribution in [0.25, 0.3) is 0 Å². The molecule has 2 unspecified atom stereocenters. The zero-order chi connectivity index (χ0) is 18.4. The summed E-state index contributed by atoms with van der Waals surface area (Å²) in [6.07, 6.45) is -0.833. The van der Waals surface area contributed by atoms with Crippen molar-refractivity contribution in [2.24, 2.45) is 0 Å². The Balaban J connectivity index is 2.21. The fourth-order valence-electron chi connectivity index (χ4n) is 2.53. The predicted molar refractivity (Wildman–Crippen MR) is 90.7 cm³/mol. The van der Waals surface area contributed by atoms with E-state index in [0.29, 0.717) is 5.56 Å². The predicted octanol–water partition coefficient (Wildman–Crippen LogP) is 3.10. The summed E-state index contributed by atoms with van der Waals surface area (Å²) in [5, 5.41) is 12.3. The van der Waals surface area contributed by atoms with Crippen molar-refractivity contribution >= 4 is 11.9 Å². The van der Waals surface area contributed by atoms with Gasteiger partial charge in [0.15, 0.2) is 11.6 Å². The number of carbonyl (C=O) groups is 2. The Labute approximate surface area is 145 Å². The van der Waals surface area contributed by atoms with Gasteiger partial charge in [0.05, 0.1) is 0 Å². The SMILES string of the molecule is CCC(NC(=O)C(C)Oc1cccc(F)c1)(C(=O)O)c1ccccc1. The van der Waals surface area contributed by atoms with Gasteiger partial charge in [-0.1, -0.05) is 43.3 Å². The van der Waals surface area contributed by atoms with Crippen LogP contribution in [0, 0.1) is 5.82 Å². The third-order valence-corrected chi connectivity index (χ3v) is 3.98. The van der Waals surface area contributed by atoms with Crippen LogP contribution in [0.4, 0.5) is 4.39 Å². The van der Waals surface area contributed by atoms with E-state index in [9.17, 15) is 19.1 Å². The van der Waals surface area contributed by atoms with Crippen LogP contribution in [-0.4, -0.2) is 23.1 Å². The van der Waals surface area contributed by atoms with E-state index in [-0.39, 0.29) is 12.2 Å². The molecule has 5 nitrogen and oxygen atoms in total. The van der Waals surface area contributed by atoms with Gasteiger partial charge in [0.1, 0.15) is 11.6 Å². The van der Waals surface area contributed by atoms with Crippen LogP contribution in [0.1, 0.15) is 25.8 Å². The molecular weight excluding hydrogens is 325 g/mol. The highest BCUT2D eigenvalue weighted by atomic mass is 19.1. The van der Waals surface area contributed by atoms with Crippen molar-refractivity contribution in [3.63, 3.8) is 0 Å². The zero-order valence-electron chi connectivity index (χ0n) is 14.0. The number of hydrogen-bond donors (Lipinski definition) is 2. The summed E-state index contributed by atoms with van der Waals surface area (Å²) in [6.45, 7) is 3.16. The van der Waals surface area contributed by atoms with Crippen molar-refractivity contribution in [3.8, 4) is 5.75 Å². The highest BCUT2D eigenvalue weighted by molar-refractivity contribution is 5.90. The lowest BCUT2D eigenvalue weighted by atomic mass is 9.87. The summed E-state index contributed by atoms with van der Waals surface area (Å²) >= 11 is 0. The molecule has 0 aliphatic rings. The lowest BCUT2D eigenvalue weighted by Crippen LogP contribution is -2.54. The van der Waals surface area contributed by atoms with Gasteiger partial charge in [0, 0.05) is 6.07 Å². The maximum Gasteiger partial charge on any atom is 0.334 e. The number of benzene rings is 2. The highest BCUT2D eigenvalue weighted by Gasteiger charge is 2.41. The van der Waals surface area contributed by atoms with E-state index in [1.807, 2.05) is 0 Å². The molecule has 2 aromatic rings. The van der Waals surface area contributed by atoms with Crippen molar-refractivity contribution in [1.29, 1.82) is 0 Å². The molecule has 1 amide bonds. The summed E-state index contributed by atoms with van der Waals surface area (Å²) in [7, 11) is 0. The third-order valence-electron chi connectivity index (χ3n) is 3.98. The molecule has 2 N–H and O–H groups in total. The Morgan fingerprint density at radius 3 is 2.44 bits per heavy atom. The Bertz CT molecular complexity index is 750. The molecule has 0 aromatic heterocycles. The fourth-order valence-corrected chi connectivity index (χ4v) is 2.53. The Morgan fingerprint density at radius 2 is 1.88 bits per heavy atom. The molecule has 0 heterocycles. The second-order valence-electron chi connectivity index (χ2n) is 5.64. The van der Waals surface area contributed by atoms with Crippen molar-refractivity contribution < 1.29 is 23.8 Å². The number of nitrogens with one attached hydrogen (secondary N) is 1. The Kier molecular flexibility index (Phi) is 5.75. The monoisotopic (exact) mass is 345 g/mol. The Morgan fingerprint density at radius 1 is 1.20 bits per heavy atom. The van der Waals surface area contributed by atoms with Crippen LogP contribution >= 0.6 is 0 Å².